The lowest BCUT2D eigenvalue weighted by atomic mass is 10.1. The molecule has 0 aliphatic carbocycles. The van der Waals surface area contributed by atoms with Gasteiger partial charge >= 0.3 is 7.60 Å². The molecule has 4 aromatic carbocycles. The molecule has 6 heteroatoms. The first-order valence-corrected chi connectivity index (χ1v) is 11.8. The highest BCUT2D eigenvalue weighted by Crippen LogP contribution is 2.36. The van der Waals surface area contributed by atoms with Crippen molar-refractivity contribution in [3.63, 3.8) is 0 Å². The van der Waals surface area contributed by atoms with E-state index in [0.717, 1.165) is 32.3 Å². The van der Waals surface area contributed by atoms with Gasteiger partial charge in [0.1, 0.15) is 0 Å². The van der Waals surface area contributed by atoms with Crippen LogP contribution in [0.1, 0.15) is 0 Å². The number of aromatic nitrogens is 1. The van der Waals surface area contributed by atoms with Crippen LogP contribution in [0.25, 0.3) is 38.6 Å². The van der Waals surface area contributed by atoms with Crippen molar-refractivity contribution in [1.82, 2.24) is 4.57 Å². The van der Waals surface area contributed by atoms with Gasteiger partial charge in [-0.2, -0.15) is 0 Å². The summed E-state index contributed by atoms with van der Waals surface area (Å²) in [5.41, 5.74) is 4.83. The van der Waals surface area contributed by atoms with Gasteiger partial charge in [-0.25, -0.2) is 0 Å². The van der Waals surface area contributed by atoms with Crippen LogP contribution in [-0.2, 0) is 4.57 Å². The Labute approximate surface area is 181 Å². The Morgan fingerprint density at radius 1 is 0.700 bits per heavy atom. The Hall–Kier alpha value is -2.69. The summed E-state index contributed by atoms with van der Waals surface area (Å²) in [5.74, 6) is 0. The number of nitrogens with zero attached hydrogens (tertiary/aromatic N) is 1. The summed E-state index contributed by atoms with van der Waals surface area (Å²) in [6.45, 7) is 0. The molecule has 1 aromatic heterocycles. The van der Waals surface area contributed by atoms with Crippen LogP contribution >= 0.6 is 23.5 Å². The average molecular weight is 478 g/mol. The molecule has 0 aliphatic rings. The fourth-order valence-electron chi connectivity index (χ4n) is 3.91. The number of para-hydroxylation sites is 1. The first-order chi connectivity index (χ1) is 14.4. The monoisotopic (exact) mass is 477 g/mol. The number of benzene rings is 4. The van der Waals surface area contributed by atoms with Crippen LogP contribution in [0, 0.1) is 0 Å². The fourth-order valence-corrected chi connectivity index (χ4v) is 4.85. The van der Waals surface area contributed by atoms with Gasteiger partial charge in [-0.15, -0.1) is 0 Å². The first kappa shape index (κ1) is 19.3. The van der Waals surface area contributed by atoms with Crippen LogP contribution in [0.15, 0.2) is 95.5 Å². The molecule has 0 atom stereocenters. The van der Waals surface area contributed by atoms with E-state index < -0.39 is 7.60 Å². The largest absolute Gasteiger partial charge is 0.356 e. The van der Waals surface area contributed by atoms with E-state index in [1.807, 2.05) is 48.5 Å². The van der Waals surface area contributed by atoms with E-state index in [0.29, 0.717) is 0 Å². The SMILES string of the molecule is O=P(O)(O)c1cccc(-c2cccc(-n3c4ccccc4c4ccc(Br)cc43)c2)c1. The summed E-state index contributed by atoms with van der Waals surface area (Å²) < 4.78 is 14.9. The number of hydrogen-bond donors (Lipinski definition) is 2. The summed E-state index contributed by atoms with van der Waals surface area (Å²) in [6.07, 6.45) is 0. The van der Waals surface area contributed by atoms with E-state index in [9.17, 15) is 14.4 Å². The zero-order valence-electron chi connectivity index (χ0n) is 15.7. The van der Waals surface area contributed by atoms with Crippen LogP contribution < -0.4 is 5.30 Å². The molecule has 2 N–H and O–H groups in total. The van der Waals surface area contributed by atoms with Gasteiger partial charge in [-0.05, 0) is 53.6 Å². The normalized spacial score (nSPS) is 12.0. The molecule has 148 valence electrons. The van der Waals surface area contributed by atoms with Crippen molar-refractivity contribution in [2.75, 3.05) is 0 Å². The predicted molar refractivity (Wildman–Crippen MR) is 126 cm³/mol. The van der Waals surface area contributed by atoms with E-state index >= 15 is 0 Å². The molecule has 5 aromatic rings. The van der Waals surface area contributed by atoms with Gasteiger partial charge in [-0.1, -0.05) is 64.5 Å². The third-order valence-electron chi connectivity index (χ3n) is 5.26. The third-order valence-corrected chi connectivity index (χ3v) is 6.70. The van der Waals surface area contributed by atoms with Crippen LogP contribution in [0.2, 0.25) is 0 Å². The number of rotatable bonds is 3. The minimum absolute atomic E-state index is 0.0196. The summed E-state index contributed by atoms with van der Waals surface area (Å²) in [5, 5.41) is 2.36. The lowest BCUT2D eigenvalue weighted by molar-refractivity contribution is 0.387. The molecule has 4 nitrogen and oxygen atoms in total. The highest BCUT2D eigenvalue weighted by molar-refractivity contribution is 9.10. The maximum absolute atomic E-state index is 11.7. The summed E-state index contributed by atoms with van der Waals surface area (Å²) in [7, 11) is -4.31. The second kappa shape index (κ2) is 7.22. The van der Waals surface area contributed by atoms with E-state index in [4.69, 9.17) is 0 Å². The van der Waals surface area contributed by atoms with E-state index in [2.05, 4.69) is 44.8 Å². The molecule has 0 radical (unpaired) electrons. The molecule has 0 aliphatic heterocycles. The topological polar surface area (TPSA) is 62.5 Å². The van der Waals surface area contributed by atoms with Crippen LogP contribution in [-0.4, -0.2) is 14.4 Å². The maximum atomic E-state index is 11.7. The summed E-state index contributed by atoms with van der Waals surface area (Å²) in [6, 6.07) is 29.1. The third kappa shape index (κ3) is 3.30. The van der Waals surface area contributed by atoms with Gasteiger partial charge in [0.2, 0.25) is 0 Å². The highest BCUT2D eigenvalue weighted by atomic mass is 79.9. The Kier molecular flexibility index (Phi) is 4.64. The van der Waals surface area contributed by atoms with Crippen LogP contribution in [0.3, 0.4) is 0 Å². The van der Waals surface area contributed by atoms with Gasteiger partial charge in [0.25, 0.3) is 0 Å². The van der Waals surface area contributed by atoms with E-state index in [1.54, 1.807) is 12.1 Å². The van der Waals surface area contributed by atoms with Gasteiger partial charge in [-0.3, -0.25) is 4.57 Å². The number of fused-ring (bicyclic) bond motifs is 3. The van der Waals surface area contributed by atoms with Crippen molar-refractivity contribution in [2.45, 2.75) is 0 Å². The standard InChI is InChI=1S/C24H17BrNO3P/c25-18-11-12-22-21-9-1-2-10-23(21)26(24(22)15-18)19-7-3-5-16(13-19)17-6-4-8-20(14-17)30(27,28)29/h1-15H,(H2,27,28,29). The smallest absolute Gasteiger partial charge is 0.321 e. The highest BCUT2D eigenvalue weighted by Gasteiger charge is 2.18. The molecule has 0 saturated heterocycles. The van der Waals surface area contributed by atoms with Gasteiger partial charge in [0.15, 0.2) is 0 Å². The molecule has 0 saturated carbocycles. The minimum atomic E-state index is -4.31. The minimum Gasteiger partial charge on any atom is -0.321 e. The van der Waals surface area contributed by atoms with E-state index in [-0.39, 0.29) is 5.30 Å². The second-order valence-corrected chi connectivity index (χ2v) is 9.68. The van der Waals surface area contributed by atoms with Crippen molar-refractivity contribution in [3.05, 3.63) is 95.5 Å². The molecular weight excluding hydrogens is 461 g/mol. The van der Waals surface area contributed by atoms with Crippen molar-refractivity contribution in [1.29, 1.82) is 0 Å². The van der Waals surface area contributed by atoms with E-state index in [1.165, 1.54) is 16.8 Å². The Balaban J connectivity index is 1.75. The van der Waals surface area contributed by atoms with Crippen LogP contribution in [0.4, 0.5) is 0 Å². The Morgan fingerprint density at radius 3 is 2.20 bits per heavy atom. The second-order valence-electron chi connectivity index (χ2n) is 7.16. The maximum Gasteiger partial charge on any atom is 0.356 e. The molecule has 1 heterocycles. The lowest BCUT2D eigenvalue weighted by Gasteiger charge is -2.11. The predicted octanol–water partition coefficient (Wildman–Crippen LogP) is 6.02. The van der Waals surface area contributed by atoms with Gasteiger partial charge in [0.05, 0.1) is 16.3 Å². The zero-order valence-corrected chi connectivity index (χ0v) is 18.2. The molecule has 0 fully saturated rings. The molecule has 0 spiro atoms. The molecule has 30 heavy (non-hydrogen) atoms. The quantitative estimate of drug-likeness (QED) is 0.312. The number of hydrogen-bond acceptors (Lipinski definition) is 1. The van der Waals surface area contributed by atoms with Crippen molar-refractivity contribution >= 4 is 50.6 Å². The average Bonchev–Trinajstić information content (AvgIpc) is 3.07. The van der Waals surface area contributed by atoms with Gasteiger partial charge < -0.3 is 14.4 Å². The summed E-state index contributed by atoms with van der Waals surface area (Å²) in [4.78, 5) is 19.1. The zero-order chi connectivity index (χ0) is 20.9. The van der Waals surface area contributed by atoms with Gasteiger partial charge in [0, 0.05) is 20.9 Å². The Bertz CT molecular complexity index is 1470. The van der Waals surface area contributed by atoms with Crippen molar-refractivity contribution in [3.8, 4) is 16.8 Å². The fraction of sp³-hybridized carbons (Fsp3) is 0. The molecule has 5 rings (SSSR count). The first-order valence-electron chi connectivity index (χ1n) is 9.37. The van der Waals surface area contributed by atoms with Crippen LogP contribution in [0.5, 0.6) is 0 Å². The molecule has 0 amide bonds. The molecule has 0 bridgehead atoms. The lowest BCUT2D eigenvalue weighted by Crippen LogP contribution is -2.03. The molecule has 0 unspecified atom stereocenters. The molecular formula is C24H17BrNO3P. The Morgan fingerprint density at radius 2 is 1.40 bits per heavy atom. The number of halogens is 1. The van der Waals surface area contributed by atoms with Crippen molar-refractivity contribution in [2.24, 2.45) is 0 Å². The summed E-state index contributed by atoms with van der Waals surface area (Å²) >= 11 is 3.59. The van der Waals surface area contributed by atoms with Crippen molar-refractivity contribution < 1.29 is 14.4 Å².